The van der Waals surface area contributed by atoms with Gasteiger partial charge in [-0.05, 0) is 0 Å². The maximum absolute atomic E-state index is 11.7. The molecule has 0 radical (unpaired) electrons. The molecule has 1 amide bonds. The standard InChI is InChI=1S/C12H17NO4/c1-3-4-5-11(14)13-6-7-17-10(9-13)8-12(15)16-2/h1,10H,4-9H2,2H3. The number of esters is 1. The number of nitrogens with zero attached hydrogens (tertiary/aromatic N) is 1. The lowest BCUT2D eigenvalue weighted by Crippen LogP contribution is -2.46. The zero-order valence-electron chi connectivity index (χ0n) is 9.98. The first-order valence-electron chi connectivity index (χ1n) is 5.57. The predicted molar refractivity (Wildman–Crippen MR) is 61.0 cm³/mol. The molecule has 1 fully saturated rings. The van der Waals surface area contributed by atoms with Crippen molar-refractivity contribution < 1.29 is 19.1 Å². The molecule has 1 heterocycles. The molecule has 0 spiro atoms. The molecule has 1 atom stereocenters. The van der Waals surface area contributed by atoms with Crippen molar-refractivity contribution in [1.82, 2.24) is 4.90 Å². The van der Waals surface area contributed by atoms with Crippen LogP contribution in [0, 0.1) is 12.3 Å². The Morgan fingerprint density at radius 1 is 1.59 bits per heavy atom. The average molecular weight is 239 g/mol. The van der Waals surface area contributed by atoms with Crippen LogP contribution in [-0.4, -0.2) is 49.7 Å². The second-order valence-corrected chi connectivity index (χ2v) is 3.82. The van der Waals surface area contributed by atoms with Crippen LogP contribution < -0.4 is 0 Å². The molecule has 0 aromatic rings. The van der Waals surface area contributed by atoms with E-state index >= 15 is 0 Å². The lowest BCUT2D eigenvalue weighted by molar-refractivity contribution is -0.149. The molecule has 5 nitrogen and oxygen atoms in total. The van der Waals surface area contributed by atoms with Crippen LogP contribution in [0.15, 0.2) is 0 Å². The van der Waals surface area contributed by atoms with Crippen molar-refractivity contribution in [2.24, 2.45) is 0 Å². The Labute approximate surface area is 101 Å². The summed E-state index contributed by atoms with van der Waals surface area (Å²) in [6.07, 6.45) is 5.81. The van der Waals surface area contributed by atoms with E-state index in [1.165, 1.54) is 7.11 Å². The van der Waals surface area contributed by atoms with Crippen molar-refractivity contribution in [1.29, 1.82) is 0 Å². The van der Waals surface area contributed by atoms with E-state index < -0.39 is 0 Å². The Morgan fingerprint density at radius 2 is 2.35 bits per heavy atom. The number of hydrogen-bond donors (Lipinski definition) is 0. The van der Waals surface area contributed by atoms with Gasteiger partial charge in [-0.25, -0.2) is 0 Å². The molecular formula is C12H17NO4. The lowest BCUT2D eigenvalue weighted by Gasteiger charge is -2.32. The molecule has 1 rings (SSSR count). The topological polar surface area (TPSA) is 55.8 Å². The number of morpholine rings is 1. The molecular weight excluding hydrogens is 222 g/mol. The van der Waals surface area contributed by atoms with Crippen LogP contribution >= 0.6 is 0 Å². The largest absolute Gasteiger partial charge is 0.469 e. The van der Waals surface area contributed by atoms with Gasteiger partial charge in [0.1, 0.15) is 0 Å². The van der Waals surface area contributed by atoms with Crippen LogP contribution in [0.3, 0.4) is 0 Å². The summed E-state index contributed by atoms with van der Waals surface area (Å²) >= 11 is 0. The first-order chi connectivity index (χ1) is 8.17. The fourth-order valence-corrected chi connectivity index (χ4v) is 1.68. The highest BCUT2D eigenvalue weighted by atomic mass is 16.5. The maximum atomic E-state index is 11.7. The monoisotopic (exact) mass is 239 g/mol. The number of methoxy groups -OCH3 is 1. The van der Waals surface area contributed by atoms with Gasteiger partial charge in [0.2, 0.25) is 5.91 Å². The van der Waals surface area contributed by atoms with Crippen LogP contribution in [0.5, 0.6) is 0 Å². The molecule has 0 N–H and O–H groups in total. The highest BCUT2D eigenvalue weighted by Gasteiger charge is 2.25. The molecule has 1 saturated heterocycles. The first kappa shape index (κ1) is 13.5. The summed E-state index contributed by atoms with van der Waals surface area (Å²) in [6, 6.07) is 0. The lowest BCUT2D eigenvalue weighted by atomic mass is 10.2. The van der Waals surface area contributed by atoms with E-state index in [0.717, 1.165) is 0 Å². The Bertz CT molecular complexity index is 321. The summed E-state index contributed by atoms with van der Waals surface area (Å²) in [6.45, 7) is 1.43. The summed E-state index contributed by atoms with van der Waals surface area (Å²) in [5.41, 5.74) is 0. The van der Waals surface area contributed by atoms with E-state index in [1.54, 1.807) is 4.90 Å². The Hall–Kier alpha value is -1.54. The van der Waals surface area contributed by atoms with E-state index in [4.69, 9.17) is 11.2 Å². The number of ether oxygens (including phenoxy) is 2. The van der Waals surface area contributed by atoms with Crippen molar-refractivity contribution in [3.63, 3.8) is 0 Å². The summed E-state index contributed by atoms with van der Waals surface area (Å²) < 4.78 is 9.96. The van der Waals surface area contributed by atoms with Gasteiger partial charge in [-0.15, -0.1) is 12.3 Å². The number of terminal acetylenes is 1. The molecule has 0 aromatic carbocycles. The normalized spacial score (nSPS) is 19.5. The van der Waals surface area contributed by atoms with E-state index in [1.807, 2.05) is 0 Å². The van der Waals surface area contributed by atoms with Gasteiger partial charge in [-0.1, -0.05) is 0 Å². The fourth-order valence-electron chi connectivity index (χ4n) is 1.68. The minimum absolute atomic E-state index is 0.0149. The Kier molecular flexibility index (Phi) is 5.50. The molecule has 0 bridgehead atoms. The molecule has 0 aliphatic carbocycles. The first-order valence-corrected chi connectivity index (χ1v) is 5.57. The Morgan fingerprint density at radius 3 is 3.00 bits per heavy atom. The summed E-state index contributed by atoms with van der Waals surface area (Å²) in [5.74, 6) is 2.13. The average Bonchev–Trinajstić information content (AvgIpc) is 2.36. The number of carbonyl (C=O) groups is 2. The molecule has 0 saturated carbocycles. The Balaban J connectivity index is 2.40. The van der Waals surface area contributed by atoms with Crippen LogP contribution in [0.1, 0.15) is 19.3 Å². The second-order valence-electron chi connectivity index (χ2n) is 3.82. The molecule has 1 aliphatic rings. The number of amides is 1. The quantitative estimate of drug-likeness (QED) is 0.519. The van der Waals surface area contributed by atoms with Gasteiger partial charge in [0.05, 0.1) is 26.2 Å². The molecule has 0 aromatic heterocycles. The van der Waals surface area contributed by atoms with Gasteiger partial charge in [-0.2, -0.15) is 0 Å². The number of hydrogen-bond acceptors (Lipinski definition) is 4. The molecule has 1 aliphatic heterocycles. The second kappa shape index (κ2) is 6.92. The SMILES string of the molecule is C#CCCC(=O)N1CCOC(CC(=O)OC)C1. The van der Waals surface area contributed by atoms with E-state index in [9.17, 15) is 9.59 Å². The van der Waals surface area contributed by atoms with Crippen LogP contribution in [0.4, 0.5) is 0 Å². The van der Waals surface area contributed by atoms with E-state index in [2.05, 4.69) is 10.7 Å². The molecule has 94 valence electrons. The smallest absolute Gasteiger partial charge is 0.308 e. The number of rotatable bonds is 4. The highest BCUT2D eigenvalue weighted by molar-refractivity contribution is 5.76. The zero-order valence-corrected chi connectivity index (χ0v) is 9.98. The third-order valence-corrected chi connectivity index (χ3v) is 2.60. The van der Waals surface area contributed by atoms with Gasteiger partial charge >= 0.3 is 5.97 Å². The van der Waals surface area contributed by atoms with Gasteiger partial charge in [0.15, 0.2) is 0 Å². The van der Waals surface area contributed by atoms with E-state index in [-0.39, 0.29) is 24.4 Å². The number of carbonyl (C=O) groups excluding carboxylic acids is 2. The minimum atomic E-state index is -0.326. The molecule has 17 heavy (non-hydrogen) atoms. The van der Waals surface area contributed by atoms with Gasteiger partial charge in [-0.3, -0.25) is 9.59 Å². The third-order valence-electron chi connectivity index (χ3n) is 2.60. The van der Waals surface area contributed by atoms with Gasteiger partial charge < -0.3 is 14.4 Å². The molecule has 5 heteroatoms. The van der Waals surface area contributed by atoms with E-state index in [0.29, 0.717) is 32.5 Å². The summed E-state index contributed by atoms with van der Waals surface area (Å²) in [4.78, 5) is 24.5. The zero-order chi connectivity index (χ0) is 12.7. The predicted octanol–water partition coefficient (Wildman–Crippen LogP) is 0.190. The van der Waals surface area contributed by atoms with Crippen molar-refractivity contribution in [3.05, 3.63) is 0 Å². The van der Waals surface area contributed by atoms with Crippen molar-refractivity contribution >= 4 is 11.9 Å². The third kappa shape index (κ3) is 4.45. The van der Waals surface area contributed by atoms with Crippen LogP contribution in [0.25, 0.3) is 0 Å². The van der Waals surface area contributed by atoms with Crippen LogP contribution in [-0.2, 0) is 19.1 Å². The maximum Gasteiger partial charge on any atom is 0.308 e. The summed E-state index contributed by atoms with van der Waals surface area (Å²) in [5, 5.41) is 0. The fraction of sp³-hybridized carbons (Fsp3) is 0.667. The van der Waals surface area contributed by atoms with Crippen molar-refractivity contribution in [2.75, 3.05) is 26.8 Å². The van der Waals surface area contributed by atoms with Gasteiger partial charge in [0, 0.05) is 25.9 Å². The highest BCUT2D eigenvalue weighted by Crippen LogP contribution is 2.11. The van der Waals surface area contributed by atoms with Crippen molar-refractivity contribution in [2.45, 2.75) is 25.4 Å². The van der Waals surface area contributed by atoms with Gasteiger partial charge in [0.25, 0.3) is 0 Å². The molecule has 1 unspecified atom stereocenters. The van der Waals surface area contributed by atoms with Crippen LogP contribution in [0.2, 0.25) is 0 Å². The summed E-state index contributed by atoms with van der Waals surface area (Å²) in [7, 11) is 1.33. The minimum Gasteiger partial charge on any atom is -0.469 e. The van der Waals surface area contributed by atoms with Crippen molar-refractivity contribution in [3.8, 4) is 12.3 Å².